The minimum atomic E-state index is 0.564. The summed E-state index contributed by atoms with van der Waals surface area (Å²) in [5.41, 5.74) is 1.77. The van der Waals surface area contributed by atoms with Crippen LogP contribution in [0.15, 0.2) is 29.5 Å². The molecule has 0 amide bonds. The first-order valence-corrected chi connectivity index (χ1v) is 6.09. The van der Waals surface area contributed by atoms with Gasteiger partial charge in [-0.15, -0.1) is 0 Å². The Morgan fingerprint density at radius 3 is 3.12 bits per heavy atom. The molecule has 0 aliphatic carbocycles. The average molecular weight is 232 g/mol. The van der Waals surface area contributed by atoms with Crippen LogP contribution in [0.3, 0.4) is 0 Å². The van der Waals surface area contributed by atoms with Gasteiger partial charge in [0, 0.05) is 18.9 Å². The van der Waals surface area contributed by atoms with Crippen molar-refractivity contribution in [3.63, 3.8) is 0 Å². The van der Waals surface area contributed by atoms with Crippen molar-refractivity contribution in [1.82, 2.24) is 15.2 Å². The monoisotopic (exact) mass is 232 g/mol. The zero-order chi connectivity index (χ0) is 11.2. The van der Waals surface area contributed by atoms with Crippen molar-refractivity contribution in [3.05, 3.63) is 30.1 Å². The van der Waals surface area contributed by atoms with Gasteiger partial charge in [-0.05, 0) is 17.3 Å². The van der Waals surface area contributed by atoms with Crippen LogP contribution in [-0.4, -0.2) is 41.9 Å². The van der Waals surface area contributed by atoms with Crippen LogP contribution in [0.4, 0.5) is 0 Å². The van der Waals surface area contributed by atoms with Gasteiger partial charge in [0.1, 0.15) is 0 Å². The van der Waals surface area contributed by atoms with E-state index in [2.05, 4.69) is 26.3 Å². The Morgan fingerprint density at radius 1 is 1.56 bits per heavy atom. The predicted octanol–water partition coefficient (Wildman–Crippen LogP) is 0.617. The number of nitrogens with one attached hydrogen (secondary N) is 1. The van der Waals surface area contributed by atoms with Gasteiger partial charge in [-0.1, -0.05) is 17.8 Å². The Labute approximate surface area is 101 Å². The smallest absolute Gasteiger partial charge is 0.158 e. The molecule has 1 aliphatic heterocycles. The van der Waals surface area contributed by atoms with Crippen molar-refractivity contribution in [3.8, 4) is 0 Å². The molecule has 2 heterocycles. The van der Waals surface area contributed by atoms with E-state index in [1.54, 1.807) is 6.20 Å². The molecule has 6 heteroatoms. The van der Waals surface area contributed by atoms with Gasteiger partial charge in [0.25, 0.3) is 0 Å². The number of aliphatic imine (C=N–C) groups is 1. The number of hydrogen-bond donors (Lipinski definition) is 1. The van der Waals surface area contributed by atoms with Crippen LogP contribution >= 0.6 is 11.8 Å². The highest BCUT2D eigenvalue weighted by Crippen LogP contribution is 2.07. The van der Waals surface area contributed by atoms with Gasteiger partial charge in [-0.25, -0.2) is 4.99 Å². The third-order valence-electron chi connectivity index (χ3n) is 2.22. The van der Waals surface area contributed by atoms with Crippen LogP contribution in [0.1, 0.15) is 5.56 Å². The molecular weight excluding hydrogens is 219 g/mol. The quantitative estimate of drug-likeness (QED) is 0.775. The summed E-state index contributed by atoms with van der Waals surface area (Å²) in [6.45, 7) is 2.38. The van der Waals surface area contributed by atoms with E-state index in [4.69, 9.17) is 7.85 Å². The molecule has 1 N–H and O–H groups in total. The van der Waals surface area contributed by atoms with Gasteiger partial charge < -0.3 is 5.32 Å². The van der Waals surface area contributed by atoms with Gasteiger partial charge in [-0.2, -0.15) is 0 Å². The maximum atomic E-state index is 5.44. The van der Waals surface area contributed by atoms with Crippen LogP contribution < -0.4 is 5.32 Å². The van der Waals surface area contributed by atoms with Gasteiger partial charge in [0.2, 0.25) is 0 Å². The van der Waals surface area contributed by atoms with Crippen molar-refractivity contribution in [1.29, 1.82) is 0 Å². The summed E-state index contributed by atoms with van der Waals surface area (Å²) in [6, 6.07) is 4.02. The van der Waals surface area contributed by atoms with Crippen molar-refractivity contribution in [2.75, 3.05) is 19.0 Å². The van der Waals surface area contributed by atoms with Gasteiger partial charge in [0.05, 0.1) is 21.2 Å². The fraction of sp³-hybridized carbons (Fsp3) is 0.400. The summed E-state index contributed by atoms with van der Waals surface area (Å²) in [6.07, 6.45) is 3.67. The fourth-order valence-corrected chi connectivity index (χ4v) is 1.95. The molecule has 0 aromatic carbocycles. The van der Waals surface area contributed by atoms with Crippen LogP contribution in [0.2, 0.25) is 0 Å². The Kier molecular flexibility index (Phi) is 4.24. The van der Waals surface area contributed by atoms with E-state index in [-0.39, 0.29) is 0 Å². The second-order valence-electron chi connectivity index (χ2n) is 3.44. The molecule has 16 heavy (non-hydrogen) atoms. The second kappa shape index (κ2) is 5.91. The van der Waals surface area contributed by atoms with Gasteiger partial charge in [0.15, 0.2) is 5.17 Å². The molecule has 0 fully saturated rings. The van der Waals surface area contributed by atoms with E-state index >= 15 is 0 Å². The molecular formula is C10H13BN4S. The fourth-order valence-electron chi connectivity index (χ4n) is 1.48. The molecule has 0 saturated heterocycles. The lowest BCUT2D eigenvalue weighted by Crippen LogP contribution is -2.41. The zero-order valence-electron chi connectivity index (χ0n) is 8.97. The largest absolute Gasteiger partial charge is 0.352 e. The second-order valence-corrected chi connectivity index (χ2v) is 4.45. The average Bonchev–Trinajstić information content (AvgIpc) is 2.33. The van der Waals surface area contributed by atoms with E-state index in [1.807, 2.05) is 12.3 Å². The van der Waals surface area contributed by atoms with E-state index in [0.29, 0.717) is 12.3 Å². The molecule has 1 aliphatic rings. The van der Waals surface area contributed by atoms with Crippen molar-refractivity contribution >= 4 is 24.8 Å². The molecule has 0 bridgehead atoms. The third kappa shape index (κ3) is 3.25. The first kappa shape index (κ1) is 11.5. The van der Waals surface area contributed by atoms with Gasteiger partial charge in [-0.3, -0.25) is 9.88 Å². The first-order chi connectivity index (χ1) is 7.88. The lowest BCUT2D eigenvalue weighted by atomic mass is 10.2. The summed E-state index contributed by atoms with van der Waals surface area (Å²) >= 11 is 1.54. The van der Waals surface area contributed by atoms with E-state index in [9.17, 15) is 0 Å². The van der Waals surface area contributed by atoms with Crippen LogP contribution in [0.5, 0.6) is 0 Å². The number of rotatable bonds is 3. The lowest BCUT2D eigenvalue weighted by molar-refractivity contribution is 0.258. The number of thioether (sulfide) groups is 1. The summed E-state index contributed by atoms with van der Waals surface area (Å²) in [4.78, 5) is 10.7. The highest BCUT2D eigenvalue weighted by atomic mass is 32.2. The molecule has 0 atom stereocenters. The van der Waals surface area contributed by atoms with E-state index in [1.165, 1.54) is 17.3 Å². The summed E-state index contributed by atoms with van der Waals surface area (Å²) in [7, 11) is 5.44. The minimum Gasteiger partial charge on any atom is -0.352 e. The van der Waals surface area contributed by atoms with Crippen LogP contribution in [-0.2, 0) is 6.54 Å². The molecule has 1 aromatic rings. The van der Waals surface area contributed by atoms with E-state index in [0.717, 1.165) is 18.4 Å². The maximum Gasteiger partial charge on any atom is 0.158 e. The number of nitrogens with zero attached hydrogens (tertiary/aromatic N) is 3. The highest BCUT2D eigenvalue weighted by Gasteiger charge is 2.11. The van der Waals surface area contributed by atoms with E-state index < -0.39 is 0 Å². The topological polar surface area (TPSA) is 40.5 Å². The van der Waals surface area contributed by atoms with Crippen LogP contribution in [0, 0.1) is 0 Å². The SMILES string of the molecule is [B]CSC1=NCN(Cc2cccnc2)CN1. The maximum absolute atomic E-state index is 5.44. The summed E-state index contributed by atoms with van der Waals surface area (Å²) < 4.78 is 0. The molecule has 1 aromatic heterocycles. The van der Waals surface area contributed by atoms with Crippen molar-refractivity contribution < 1.29 is 0 Å². The Morgan fingerprint density at radius 2 is 2.50 bits per heavy atom. The first-order valence-electron chi connectivity index (χ1n) is 5.11. The molecule has 0 saturated carbocycles. The van der Waals surface area contributed by atoms with Crippen molar-refractivity contribution in [2.45, 2.75) is 6.54 Å². The normalized spacial score (nSPS) is 16.6. The van der Waals surface area contributed by atoms with Crippen molar-refractivity contribution in [2.24, 2.45) is 4.99 Å². The molecule has 0 unspecified atom stereocenters. The molecule has 4 nitrogen and oxygen atoms in total. The Bertz CT molecular complexity index is 357. The number of amidine groups is 1. The Hall–Kier alpha value is -1.01. The molecule has 82 valence electrons. The Balaban J connectivity index is 1.86. The summed E-state index contributed by atoms with van der Waals surface area (Å²) in [5, 5.41) is 4.16. The molecule has 0 spiro atoms. The third-order valence-corrected chi connectivity index (χ3v) is 2.93. The molecule has 2 radical (unpaired) electrons. The predicted molar refractivity (Wildman–Crippen MR) is 68.3 cm³/mol. The van der Waals surface area contributed by atoms with Gasteiger partial charge >= 0.3 is 0 Å². The summed E-state index contributed by atoms with van der Waals surface area (Å²) in [5.74, 6) is 0. The number of pyridine rings is 1. The minimum absolute atomic E-state index is 0.564. The number of hydrogen-bond acceptors (Lipinski definition) is 5. The molecule has 2 rings (SSSR count). The standard InChI is InChI=1S/C10H13BN4S/c11-6-16-10-13-7-15(8-14-10)5-9-2-1-3-12-4-9/h1-4H,5-8H2,(H,13,14). The number of aromatic nitrogens is 1. The lowest BCUT2D eigenvalue weighted by Gasteiger charge is -2.26. The van der Waals surface area contributed by atoms with Crippen LogP contribution in [0.25, 0.3) is 0 Å². The zero-order valence-corrected chi connectivity index (χ0v) is 9.78. The highest BCUT2D eigenvalue weighted by molar-refractivity contribution is 8.14.